The van der Waals surface area contributed by atoms with Crippen LogP contribution in [-0.2, 0) is 7.05 Å². The quantitative estimate of drug-likeness (QED) is 0.471. The van der Waals surface area contributed by atoms with Crippen LogP contribution in [0.15, 0.2) is 6.33 Å². The third-order valence-electron chi connectivity index (χ3n) is 1.01. The van der Waals surface area contributed by atoms with Crippen LogP contribution < -0.4 is 5.73 Å². The third-order valence-corrected chi connectivity index (χ3v) is 1.01. The molecule has 0 saturated heterocycles. The van der Waals surface area contributed by atoms with E-state index >= 15 is 0 Å². The molecule has 1 heterocycles. The molecule has 10 heavy (non-hydrogen) atoms. The van der Waals surface area contributed by atoms with Crippen molar-refractivity contribution < 1.29 is 0 Å². The highest BCUT2D eigenvalue weighted by Gasteiger charge is 1.91. The molecule has 0 amide bonds. The molecule has 4 heteroatoms. The average molecular weight is 136 g/mol. The predicted molar refractivity (Wildman–Crippen MR) is 36.9 cm³/mol. The molecule has 2 N–H and O–H groups in total. The van der Waals surface area contributed by atoms with Crippen LogP contribution in [0, 0.1) is 11.8 Å². The number of rotatable bonds is 0. The van der Waals surface area contributed by atoms with Crippen molar-refractivity contribution in [1.29, 1.82) is 0 Å². The third kappa shape index (κ3) is 1.33. The van der Waals surface area contributed by atoms with E-state index < -0.39 is 0 Å². The van der Waals surface area contributed by atoms with Crippen LogP contribution in [0.1, 0.15) is 5.82 Å². The van der Waals surface area contributed by atoms with E-state index in [-0.39, 0.29) is 0 Å². The van der Waals surface area contributed by atoms with E-state index in [0.717, 1.165) is 0 Å². The second kappa shape index (κ2) is 2.99. The first kappa shape index (κ1) is 6.78. The smallest absolute Gasteiger partial charge is 0.207 e. The highest BCUT2D eigenvalue weighted by Crippen LogP contribution is 1.85. The van der Waals surface area contributed by atoms with Gasteiger partial charge in [-0.3, -0.25) is 0 Å². The van der Waals surface area contributed by atoms with Gasteiger partial charge in [-0.25, -0.2) is 0 Å². The van der Waals surface area contributed by atoms with Gasteiger partial charge in [0, 0.05) is 7.05 Å². The maximum Gasteiger partial charge on any atom is 0.207 e. The Bertz CT molecular complexity index is 265. The van der Waals surface area contributed by atoms with Crippen LogP contribution in [0.2, 0.25) is 0 Å². The van der Waals surface area contributed by atoms with Crippen LogP contribution in [-0.4, -0.2) is 21.3 Å². The number of nitrogens with zero attached hydrogens (tertiary/aromatic N) is 3. The fourth-order valence-electron chi connectivity index (χ4n) is 0.526. The molecule has 0 aliphatic rings. The first-order valence-corrected chi connectivity index (χ1v) is 2.87. The van der Waals surface area contributed by atoms with E-state index in [1.807, 2.05) is 7.05 Å². The van der Waals surface area contributed by atoms with Gasteiger partial charge in [-0.05, 0) is 5.92 Å². The summed E-state index contributed by atoms with van der Waals surface area (Å²) in [7, 11) is 1.83. The van der Waals surface area contributed by atoms with Crippen molar-refractivity contribution in [1.82, 2.24) is 14.8 Å². The van der Waals surface area contributed by atoms with Crippen LogP contribution in [0.25, 0.3) is 0 Å². The number of hydrogen-bond donors (Lipinski definition) is 1. The SMILES string of the molecule is Cn1cnnc1C#CCN. The molecule has 1 rings (SSSR count). The van der Waals surface area contributed by atoms with Crippen molar-refractivity contribution >= 4 is 0 Å². The largest absolute Gasteiger partial charge is 0.320 e. The van der Waals surface area contributed by atoms with Gasteiger partial charge in [-0.1, -0.05) is 5.92 Å². The van der Waals surface area contributed by atoms with Crippen molar-refractivity contribution in [3.63, 3.8) is 0 Å². The van der Waals surface area contributed by atoms with E-state index in [1.54, 1.807) is 10.9 Å². The maximum absolute atomic E-state index is 5.16. The van der Waals surface area contributed by atoms with Crippen molar-refractivity contribution in [3.8, 4) is 11.8 Å². The molecule has 1 aromatic rings. The minimum Gasteiger partial charge on any atom is -0.320 e. The lowest BCUT2D eigenvalue weighted by atomic mass is 10.5. The second-order valence-corrected chi connectivity index (χ2v) is 1.77. The number of aromatic nitrogens is 3. The number of aryl methyl sites for hydroxylation is 1. The van der Waals surface area contributed by atoms with Crippen LogP contribution in [0.5, 0.6) is 0 Å². The molecular formula is C6H8N4. The van der Waals surface area contributed by atoms with E-state index in [9.17, 15) is 0 Å². The van der Waals surface area contributed by atoms with E-state index in [1.165, 1.54) is 0 Å². The van der Waals surface area contributed by atoms with Crippen molar-refractivity contribution in [2.75, 3.05) is 6.54 Å². The zero-order valence-corrected chi connectivity index (χ0v) is 5.70. The summed E-state index contributed by atoms with van der Waals surface area (Å²) >= 11 is 0. The van der Waals surface area contributed by atoms with Crippen LogP contribution >= 0.6 is 0 Å². The van der Waals surface area contributed by atoms with Gasteiger partial charge in [0.2, 0.25) is 5.82 Å². The zero-order valence-electron chi connectivity index (χ0n) is 5.70. The molecule has 0 aliphatic carbocycles. The zero-order chi connectivity index (χ0) is 7.40. The van der Waals surface area contributed by atoms with Gasteiger partial charge < -0.3 is 10.3 Å². The van der Waals surface area contributed by atoms with Crippen molar-refractivity contribution in [3.05, 3.63) is 12.2 Å². The van der Waals surface area contributed by atoms with Crippen LogP contribution in [0.3, 0.4) is 0 Å². The molecule has 0 spiro atoms. The Hall–Kier alpha value is -1.34. The average Bonchev–Trinajstić information content (AvgIpc) is 2.31. The highest BCUT2D eigenvalue weighted by molar-refractivity contribution is 5.19. The predicted octanol–water partition coefficient (Wildman–Crippen LogP) is -0.875. The molecule has 0 aliphatic heterocycles. The van der Waals surface area contributed by atoms with E-state index in [4.69, 9.17) is 5.73 Å². The van der Waals surface area contributed by atoms with E-state index in [2.05, 4.69) is 22.0 Å². The lowest BCUT2D eigenvalue weighted by molar-refractivity contribution is 0.892. The van der Waals surface area contributed by atoms with Crippen molar-refractivity contribution in [2.24, 2.45) is 12.8 Å². The van der Waals surface area contributed by atoms with Gasteiger partial charge >= 0.3 is 0 Å². The lowest BCUT2D eigenvalue weighted by Crippen LogP contribution is -1.95. The summed E-state index contributed by atoms with van der Waals surface area (Å²) in [6.45, 7) is 0.354. The summed E-state index contributed by atoms with van der Waals surface area (Å²) in [6, 6.07) is 0. The first-order valence-electron chi connectivity index (χ1n) is 2.87. The van der Waals surface area contributed by atoms with Crippen molar-refractivity contribution in [2.45, 2.75) is 0 Å². The molecule has 1 aromatic heterocycles. The molecule has 52 valence electrons. The molecule has 0 atom stereocenters. The standard InChI is InChI=1S/C6H8N4/c1-10-5-8-9-6(10)3-2-4-7/h5H,4,7H2,1H3. The van der Waals surface area contributed by atoms with Crippen LogP contribution in [0.4, 0.5) is 0 Å². The van der Waals surface area contributed by atoms with Gasteiger partial charge in [0.1, 0.15) is 6.33 Å². The second-order valence-electron chi connectivity index (χ2n) is 1.77. The highest BCUT2D eigenvalue weighted by atomic mass is 15.2. The molecule has 0 aromatic carbocycles. The molecule has 0 saturated carbocycles. The summed E-state index contributed by atoms with van der Waals surface area (Å²) in [6.07, 6.45) is 1.60. The van der Waals surface area contributed by atoms with Gasteiger partial charge in [0.05, 0.1) is 6.54 Å². The summed E-state index contributed by atoms with van der Waals surface area (Å²) in [5.41, 5.74) is 5.16. The molecule has 0 fully saturated rings. The van der Waals surface area contributed by atoms with Gasteiger partial charge in [0.25, 0.3) is 0 Å². The molecule has 0 bridgehead atoms. The fraction of sp³-hybridized carbons (Fsp3) is 0.333. The summed E-state index contributed by atoms with van der Waals surface area (Å²) in [4.78, 5) is 0. The Morgan fingerprint density at radius 3 is 3.10 bits per heavy atom. The Kier molecular flexibility index (Phi) is 2.03. The minimum atomic E-state index is 0.354. The maximum atomic E-state index is 5.16. The Morgan fingerprint density at radius 1 is 1.80 bits per heavy atom. The summed E-state index contributed by atoms with van der Waals surface area (Å²) < 4.78 is 1.74. The first-order chi connectivity index (χ1) is 4.84. The van der Waals surface area contributed by atoms with Gasteiger partial charge in [0.15, 0.2) is 0 Å². The Balaban J connectivity index is 2.84. The molecular weight excluding hydrogens is 128 g/mol. The summed E-state index contributed by atoms with van der Waals surface area (Å²) in [5.74, 6) is 6.10. The van der Waals surface area contributed by atoms with Gasteiger partial charge in [-0.15, -0.1) is 10.2 Å². The normalized spacial score (nSPS) is 8.60. The molecule has 4 nitrogen and oxygen atoms in total. The van der Waals surface area contributed by atoms with E-state index in [0.29, 0.717) is 12.4 Å². The summed E-state index contributed by atoms with van der Waals surface area (Å²) in [5, 5.41) is 7.38. The molecule has 0 radical (unpaired) electrons. The Labute approximate surface area is 59.1 Å². The minimum absolute atomic E-state index is 0.354. The lowest BCUT2D eigenvalue weighted by Gasteiger charge is -1.85. The van der Waals surface area contributed by atoms with Gasteiger partial charge in [-0.2, -0.15) is 0 Å². The molecule has 0 unspecified atom stereocenters. The fourth-order valence-corrected chi connectivity index (χ4v) is 0.526. The Morgan fingerprint density at radius 2 is 2.60 bits per heavy atom. The topological polar surface area (TPSA) is 56.7 Å². The number of hydrogen-bond acceptors (Lipinski definition) is 3. The number of nitrogens with two attached hydrogens (primary N) is 1. The monoisotopic (exact) mass is 136 g/mol.